The van der Waals surface area contributed by atoms with Crippen molar-refractivity contribution < 1.29 is 0 Å². The van der Waals surface area contributed by atoms with Crippen LogP contribution in [0.1, 0.15) is 4.88 Å². The second kappa shape index (κ2) is 6.61. The van der Waals surface area contributed by atoms with Crippen molar-refractivity contribution in [2.45, 2.75) is 6.42 Å². The van der Waals surface area contributed by atoms with Crippen molar-refractivity contribution in [2.24, 2.45) is 0 Å². The molecule has 1 N–H and O–H groups in total. The summed E-state index contributed by atoms with van der Waals surface area (Å²) in [7, 11) is 1.98. The molecule has 0 atom stereocenters. The molecule has 0 amide bonds. The van der Waals surface area contributed by atoms with Gasteiger partial charge in [-0.1, -0.05) is 30.3 Å². The third-order valence-corrected chi connectivity index (χ3v) is 4.42. The molecule has 0 aliphatic heterocycles. The zero-order chi connectivity index (χ0) is 14.5. The van der Waals surface area contributed by atoms with E-state index in [1.807, 2.05) is 25.4 Å². The molecule has 0 saturated carbocycles. The number of hydrogen-bond acceptors (Lipinski definition) is 4. The first-order valence-electron chi connectivity index (χ1n) is 6.98. The van der Waals surface area contributed by atoms with Crippen molar-refractivity contribution in [3.63, 3.8) is 0 Å². The first kappa shape index (κ1) is 13.9. The number of rotatable bonds is 5. The van der Waals surface area contributed by atoms with E-state index in [0.29, 0.717) is 0 Å². The van der Waals surface area contributed by atoms with Gasteiger partial charge in [-0.05, 0) is 32.1 Å². The Labute approximate surface area is 128 Å². The molecule has 0 aliphatic carbocycles. The zero-order valence-electron chi connectivity index (χ0n) is 11.9. The van der Waals surface area contributed by atoms with E-state index < -0.39 is 0 Å². The van der Waals surface area contributed by atoms with Crippen LogP contribution < -0.4 is 5.32 Å². The van der Waals surface area contributed by atoms with Crippen LogP contribution in [0.2, 0.25) is 0 Å². The summed E-state index contributed by atoms with van der Waals surface area (Å²) in [5.74, 6) is 0. The lowest BCUT2D eigenvalue weighted by atomic mass is 10.1. The normalized spacial score (nSPS) is 10.7. The average molecular weight is 295 g/mol. The molecular weight excluding hydrogens is 278 g/mol. The second-order valence-electron chi connectivity index (χ2n) is 4.75. The predicted molar refractivity (Wildman–Crippen MR) is 88.4 cm³/mol. The van der Waals surface area contributed by atoms with Gasteiger partial charge in [-0.15, -0.1) is 11.3 Å². The van der Waals surface area contributed by atoms with Crippen LogP contribution in [-0.2, 0) is 6.42 Å². The summed E-state index contributed by atoms with van der Waals surface area (Å²) in [6.45, 7) is 0.953. The van der Waals surface area contributed by atoms with Crippen molar-refractivity contribution in [3.8, 4) is 21.8 Å². The quantitative estimate of drug-likeness (QED) is 0.781. The summed E-state index contributed by atoms with van der Waals surface area (Å²) in [5.41, 5.74) is 3.35. The zero-order valence-corrected chi connectivity index (χ0v) is 12.7. The predicted octanol–water partition coefficient (Wildman–Crippen LogP) is 3.63. The minimum atomic E-state index is 0.953. The van der Waals surface area contributed by atoms with E-state index >= 15 is 0 Å². The van der Waals surface area contributed by atoms with E-state index in [0.717, 1.165) is 29.2 Å². The summed E-state index contributed by atoms with van der Waals surface area (Å²) in [6, 6.07) is 14.4. The summed E-state index contributed by atoms with van der Waals surface area (Å²) >= 11 is 1.76. The Morgan fingerprint density at radius 3 is 2.57 bits per heavy atom. The molecule has 2 heterocycles. The van der Waals surface area contributed by atoms with Crippen LogP contribution in [0.15, 0.2) is 54.9 Å². The van der Waals surface area contributed by atoms with Crippen LogP contribution in [0.5, 0.6) is 0 Å². The topological polar surface area (TPSA) is 37.8 Å². The number of pyridine rings is 1. The molecule has 106 valence electrons. The van der Waals surface area contributed by atoms with E-state index in [1.165, 1.54) is 10.4 Å². The van der Waals surface area contributed by atoms with E-state index in [9.17, 15) is 0 Å². The summed E-state index contributed by atoms with van der Waals surface area (Å²) in [6.07, 6.45) is 4.64. The first-order valence-corrected chi connectivity index (χ1v) is 7.80. The minimum absolute atomic E-state index is 0.953. The van der Waals surface area contributed by atoms with E-state index in [2.05, 4.69) is 40.6 Å². The Bertz CT molecular complexity index is 693. The van der Waals surface area contributed by atoms with Gasteiger partial charge < -0.3 is 5.32 Å². The summed E-state index contributed by atoms with van der Waals surface area (Å²) < 4.78 is 0. The molecule has 0 unspecified atom stereocenters. The molecule has 0 bridgehead atoms. The van der Waals surface area contributed by atoms with Crippen molar-refractivity contribution in [1.82, 2.24) is 15.3 Å². The molecule has 4 heteroatoms. The fourth-order valence-corrected chi connectivity index (χ4v) is 3.27. The summed E-state index contributed by atoms with van der Waals surface area (Å²) in [4.78, 5) is 10.4. The van der Waals surface area contributed by atoms with Gasteiger partial charge in [0.05, 0.1) is 5.69 Å². The van der Waals surface area contributed by atoms with Crippen molar-refractivity contribution in [2.75, 3.05) is 13.6 Å². The molecule has 2 aromatic heterocycles. The van der Waals surface area contributed by atoms with Gasteiger partial charge in [0.1, 0.15) is 5.01 Å². The fourth-order valence-electron chi connectivity index (χ4n) is 2.19. The third kappa shape index (κ3) is 3.17. The fraction of sp³-hybridized carbons (Fsp3) is 0.176. The molecule has 3 rings (SSSR count). The third-order valence-electron chi connectivity index (χ3n) is 3.26. The van der Waals surface area contributed by atoms with Crippen molar-refractivity contribution in [1.29, 1.82) is 0 Å². The monoisotopic (exact) mass is 295 g/mol. The van der Waals surface area contributed by atoms with E-state index in [-0.39, 0.29) is 0 Å². The van der Waals surface area contributed by atoms with Crippen LogP contribution in [-0.4, -0.2) is 23.6 Å². The van der Waals surface area contributed by atoms with Gasteiger partial charge in [-0.3, -0.25) is 4.98 Å². The van der Waals surface area contributed by atoms with Gasteiger partial charge in [-0.2, -0.15) is 0 Å². The molecule has 0 spiro atoms. The van der Waals surface area contributed by atoms with E-state index in [1.54, 1.807) is 17.5 Å². The second-order valence-corrected chi connectivity index (χ2v) is 5.84. The number of nitrogens with one attached hydrogen (secondary N) is 1. The molecule has 1 aromatic carbocycles. The molecular formula is C17H17N3S. The maximum Gasteiger partial charge on any atom is 0.125 e. The number of benzene rings is 1. The number of nitrogens with zero attached hydrogens (tertiary/aromatic N) is 2. The highest BCUT2D eigenvalue weighted by molar-refractivity contribution is 7.15. The van der Waals surface area contributed by atoms with Crippen LogP contribution in [0.25, 0.3) is 21.8 Å². The number of thiazole rings is 1. The highest BCUT2D eigenvalue weighted by Gasteiger charge is 2.13. The Hall–Kier alpha value is -2.04. The lowest BCUT2D eigenvalue weighted by Gasteiger charge is -2.01. The van der Waals surface area contributed by atoms with Crippen molar-refractivity contribution >= 4 is 11.3 Å². The van der Waals surface area contributed by atoms with Crippen LogP contribution in [0.3, 0.4) is 0 Å². The van der Waals surface area contributed by atoms with Gasteiger partial charge in [0, 0.05) is 28.4 Å². The molecule has 0 saturated heterocycles. The Balaban J connectivity index is 2.03. The van der Waals surface area contributed by atoms with E-state index in [4.69, 9.17) is 4.98 Å². The van der Waals surface area contributed by atoms with Gasteiger partial charge >= 0.3 is 0 Å². The van der Waals surface area contributed by atoms with Gasteiger partial charge in [-0.25, -0.2) is 4.98 Å². The Kier molecular flexibility index (Phi) is 4.38. The van der Waals surface area contributed by atoms with Gasteiger partial charge in [0.2, 0.25) is 0 Å². The minimum Gasteiger partial charge on any atom is -0.319 e. The summed E-state index contributed by atoms with van der Waals surface area (Å²) in [5, 5.41) is 4.25. The molecule has 0 radical (unpaired) electrons. The SMILES string of the molecule is CNCCc1sc(-c2cccnc2)nc1-c1ccccc1. The number of aromatic nitrogens is 2. The molecule has 3 aromatic rings. The molecule has 21 heavy (non-hydrogen) atoms. The standard InChI is InChI=1S/C17H17N3S/c1-18-11-9-15-16(13-6-3-2-4-7-13)20-17(21-15)14-8-5-10-19-12-14/h2-8,10,12,18H,9,11H2,1H3. The number of hydrogen-bond donors (Lipinski definition) is 1. The average Bonchev–Trinajstić information content (AvgIpc) is 2.99. The number of likely N-dealkylation sites (N-methyl/N-ethyl adjacent to an activating group) is 1. The lowest BCUT2D eigenvalue weighted by Crippen LogP contribution is -2.09. The smallest absolute Gasteiger partial charge is 0.125 e. The largest absolute Gasteiger partial charge is 0.319 e. The first-order chi connectivity index (χ1) is 10.4. The lowest BCUT2D eigenvalue weighted by molar-refractivity contribution is 0.799. The Morgan fingerprint density at radius 2 is 1.86 bits per heavy atom. The van der Waals surface area contributed by atoms with Crippen molar-refractivity contribution in [3.05, 3.63) is 59.7 Å². The molecule has 0 fully saturated rings. The highest BCUT2D eigenvalue weighted by atomic mass is 32.1. The van der Waals surface area contributed by atoms with Crippen LogP contribution >= 0.6 is 11.3 Å². The molecule has 3 nitrogen and oxygen atoms in total. The Morgan fingerprint density at radius 1 is 1.05 bits per heavy atom. The maximum absolute atomic E-state index is 4.85. The van der Waals surface area contributed by atoms with Gasteiger partial charge in [0.15, 0.2) is 0 Å². The van der Waals surface area contributed by atoms with Crippen LogP contribution in [0.4, 0.5) is 0 Å². The highest BCUT2D eigenvalue weighted by Crippen LogP contribution is 2.33. The molecule has 0 aliphatic rings. The van der Waals surface area contributed by atoms with Crippen LogP contribution in [0, 0.1) is 0 Å². The van der Waals surface area contributed by atoms with Gasteiger partial charge in [0.25, 0.3) is 0 Å². The maximum atomic E-state index is 4.85.